The summed E-state index contributed by atoms with van der Waals surface area (Å²) in [6.45, 7) is 7.90. The van der Waals surface area contributed by atoms with Gasteiger partial charge in [-0.1, -0.05) is 18.2 Å². The van der Waals surface area contributed by atoms with Crippen molar-refractivity contribution in [2.45, 2.75) is 70.2 Å². The monoisotopic (exact) mass is 454 g/mol. The first kappa shape index (κ1) is 23.1. The summed E-state index contributed by atoms with van der Waals surface area (Å²) < 4.78 is 54.5. The zero-order valence-electron chi connectivity index (χ0n) is 18.3. The van der Waals surface area contributed by atoms with E-state index < -0.39 is 48.5 Å². The first-order valence-electron chi connectivity index (χ1n) is 10.6. The van der Waals surface area contributed by atoms with Crippen molar-refractivity contribution in [1.29, 1.82) is 0 Å². The number of halogens is 3. The van der Waals surface area contributed by atoms with Gasteiger partial charge in [-0.15, -0.1) is 0 Å². The van der Waals surface area contributed by atoms with Crippen molar-refractivity contribution in [3.8, 4) is 0 Å². The summed E-state index contributed by atoms with van der Waals surface area (Å²) in [5, 5.41) is 4.59. The molecule has 2 N–H and O–H groups in total. The van der Waals surface area contributed by atoms with E-state index in [4.69, 9.17) is 14.0 Å². The van der Waals surface area contributed by atoms with E-state index in [1.165, 1.54) is 0 Å². The summed E-state index contributed by atoms with van der Waals surface area (Å²) in [4.78, 5) is 23.7. The molecule has 0 saturated carbocycles. The van der Waals surface area contributed by atoms with E-state index in [2.05, 4.69) is 5.32 Å². The molecule has 11 heteroatoms. The predicted octanol–water partition coefficient (Wildman–Crippen LogP) is 1.74. The van der Waals surface area contributed by atoms with E-state index in [1.807, 2.05) is 45.9 Å². The van der Waals surface area contributed by atoms with Gasteiger partial charge in [0.1, 0.15) is 12.1 Å². The Kier molecular flexibility index (Phi) is 5.58. The molecule has 0 bridgehead atoms. The maximum Gasteiger partial charge on any atom is 0.494 e. The van der Waals surface area contributed by atoms with Crippen molar-refractivity contribution < 1.29 is 36.8 Å². The summed E-state index contributed by atoms with van der Waals surface area (Å²) in [5.74, 6) is -3.44. The Hall–Kier alpha value is -2.11. The third kappa shape index (κ3) is 4.13. The van der Waals surface area contributed by atoms with Crippen LogP contribution in [-0.4, -0.2) is 49.1 Å². The number of hydrogen-bond acceptors (Lipinski definition) is 5. The van der Waals surface area contributed by atoms with Gasteiger partial charge in [-0.25, -0.2) is 0 Å². The number of rotatable bonds is 4. The van der Waals surface area contributed by atoms with E-state index in [0.717, 1.165) is 23.0 Å². The van der Waals surface area contributed by atoms with Gasteiger partial charge in [0.05, 0.1) is 23.9 Å². The zero-order valence-corrected chi connectivity index (χ0v) is 18.3. The van der Waals surface area contributed by atoms with Crippen molar-refractivity contribution in [1.82, 2.24) is 10.6 Å². The molecule has 4 rings (SSSR count). The highest BCUT2D eigenvalue weighted by atomic mass is 19.4. The van der Waals surface area contributed by atoms with Crippen molar-refractivity contribution in [3.05, 3.63) is 29.3 Å². The van der Waals surface area contributed by atoms with Gasteiger partial charge in [0.25, 0.3) is 0 Å². The second-order valence-electron chi connectivity index (χ2n) is 9.48. The number of amides is 2. The Morgan fingerprint density at radius 1 is 1.09 bits per heavy atom. The van der Waals surface area contributed by atoms with Crippen LogP contribution in [0.5, 0.6) is 0 Å². The van der Waals surface area contributed by atoms with Crippen LogP contribution in [0.1, 0.15) is 51.3 Å². The Labute approximate surface area is 184 Å². The molecule has 174 valence electrons. The number of ether oxygens (including phenoxy) is 1. The first-order valence-corrected chi connectivity index (χ1v) is 10.6. The number of hydrogen-bond donors (Lipinski definition) is 2. The molecule has 1 aromatic rings. The topological polar surface area (TPSA) is 85.9 Å². The van der Waals surface area contributed by atoms with Crippen LogP contribution >= 0.6 is 0 Å². The maximum absolute atomic E-state index is 12.6. The number of nitrogens with one attached hydrogen (secondary N) is 2. The maximum atomic E-state index is 12.6. The molecular formula is C21H26BF3N2O5. The van der Waals surface area contributed by atoms with Gasteiger partial charge >= 0.3 is 19.2 Å². The molecule has 0 radical (unpaired) electrons. The SMILES string of the molecule is CC1(C)OB(c2ccc3c(c2)CC[C@@H]3NC(=O)C2COC2NC(=O)C(F)(F)F)OC1(C)C. The minimum absolute atomic E-state index is 0.0465. The molecule has 3 atom stereocenters. The number of fused-ring (bicyclic) bond motifs is 1. The number of carbonyl (C=O) groups excluding carboxylic acids is 2. The minimum atomic E-state index is -5.03. The lowest BCUT2D eigenvalue weighted by Gasteiger charge is -2.36. The van der Waals surface area contributed by atoms with Gasteiger partial charge in [0.15, 0.2) is 0 Å². The van der Waals surface area contributed by atoms with Crippen LogP contribution in [0.2, 0.25) is 0 Å². The van der Waals surface area contributed by atoms with Gasteiger partial charge in [-0.05, 0) is 57.1 Å². The standard InChI is InChI=1S/C21H26BF3N2O5/c1-19(2)20(3,4)32-22(31-19)12-6-7-13-11(9-12)5-8-15(13)26-16(28)14-10-30-17(14)27-18(29)21(23,24)25/h6-7,9,14-15,17H,5,8,10H2,1-4H3,(H,26,28)(H,27,29)/t14?,15-,17?/m0/s1. The second kappa shape index (κ2) is 7.74. The van der Waals surface area contributed by atoms with Crippen molar-refractivity contribution in [3.63, 3.8) is 0 Å². The highest BCUT2D eigenvalue weighted by molar-refractivity contribution is 6.62. The fourth-order valence-corrected chi connectivity index (χ4v) is 4.05. The zero-order chi connectivity index (χ0) is 23.5. The first-order chi connectivity index (χ1) is 14.8. The van der Waals surface area contributed by atoms with E-state index in [-0.39, 0.29) is 12.6 Å². The van der Waals surface area contributed by atoms with Gasteiger partial charge < -0.3 is 24.7 Å². The smallest absolute Gasteiger partial charge is 0.399 e. The summed E-state index contributed by atoms with van der Waals surface area (Å²) in [6.07, 6.45) is -4.90. The van der Waals surface area contributed by atoms with Crippen LogP contribution in [0.25, 0.3) is 0 Å². The number of aryl methyl sites for hydroxylation is 1. The van der Waals surface area contributed by atoms with Crippen molar-refractivity contribution in [2.24, 2.45) is 5.92 Å². The van der Waals surface area contributed by atoms with Crippen molar-refractivity contribution in [2.75, 3.05) is 6.61 Å². The molecular weight excluding hydrogens is 428 g/mol. The lowest BCUT2D eigenvalue weighted by Crippen LogP contribution is -2.59. The Balaban J connectivity index is 1.39. The van der Waals surface area contributed by atoms with Crippen molar-refractivity contribution >= 4 is 24.4 Å². The molecule has 1 aliphatic carbocycles. The third-order valence-corrected chi connectivity index (χ3v) is 6.78. The molecule has 1 aromatic carbocycles. The van der Waals surface area contributed by atoms with Crippen LogP contribution in [-0.2, 0) is 30.1 Å². The van der Waals surface area contributed by atoms with Gasteiger partial charge in [-0.2, -0.15) is 13.2 Å². The van der Waals surface area contributed by atoms with E-state index >= 15 is 0 Å². The number of benzene rings is 1. The van der Waals surface area contributed by atoms with Gasteiger partial charge in [-0.3, -0.25) is 9.59 Å². The van der Waals surface area contributed by atoms with Crippen LogP contribution in [0.15, 0.2) is 18.2 Å². The predicted molar refractivity (Wildman–Crippen MR) is 109 cm³/mol. The lowest BCUT2D eigenvalue weighted by molar-refractivity contribution is -0.191. The Morgan fingerprint density at radius 3 is 2.31 bits per heavy atom. The van der Waals surface area contributed by atoms with Gasteiger partial charge in [0, 0.05) is 0 Å². The fourth-order valence-electron chi connectivity index (χ4n) is 4.05. The number of alkyl halides is 3. The molecule has 7 nitrogen and oxygen atoms in total. The molecule has 2 aliphatic heterocycles. The molecule has 32 heavy (non-hydrogen) atoms. The molecule has 3 aliphatic rings. The Morgan fingerprint density at radius 2 is 1.75 bits per heavy atom. The highest BCUT2D eigenvalue weighted by Gasteiger charge is 2.52. The fraction of sp³-hybridized carbons (Fsp3) is 0.619. The average molecular weight is 454 g/mol. The van der Waals surface area contributed by atoms with Crippen LogP contribution in [0.3, 0.4) is 0 Å². The van der Waals surface area contributed by atoms with E-state index in [1.54, 1.807) is 5.32 Å². The normalized spacial score (nSPS) is 28.1. The molecule has 2 unspecified atom stereocenters. The molecule has 0 aromatic heterocycles. The van der Waals surface area contributed by atoms with Crippen LogP contribution in [0.4, 0.5) is 13.2 Å². The third-order valence-electron chi connectivity index (χ3n) is 6.78. The second-order valence-corrected chi connectivity index (χ2v) is 9.48. The number of carbonyl (C=O) groups is 2. The summed E-state index contributed by atoms with van der Waals surface area (Å²) in [7, 11) is -0.482. The summed E-state index contributed by atoms with van der Waals surface area (Å²) in [6, 6.07) is 5.59. The molecule has 2 saturated heterocycles. The minimum Gasteiger partial charge on any atom is -0.399 e. The molecule has 0 spiro atoms. The average Bonchev–Trinajstić information content (AvgIpc) is 3.14. The largest absolute Gasteiger partial charge is 0.494 e. The quantitative estimate of drug-likeness (QED) is 0.678. The van der Waals surface area contributed by atoms with E-state index in [9.17, 15) is 22.8 Å². The molecule has 2 amide bonds. The molecule has 2 heterocycles. The van der Waals surface area contributed by atoms with Gasteiger partial charge in [0.2, 0.25) is 5.91 Å². The Bertz CT molecular complexity index is 921. The van der Waals surface area contributed by atoms with Crippen LogP contribution in [0, 0.1) is 5.92 Å². The van der Waals surface area contributed by atoms with Crippen LogP contribution < -0.4 is 16.1 Å². The summed E-state index contributed by atoms with van der Waals surface area (Å²) >= 11 is 0. The molecule has 2 fully saturated rings. The van der Waals surface area contributed by atoms with E-state index in [0.29, 0.717) is 6.42 Å². The summed E-state index contributed by atoms with van der Waals surface area (Å²) in [5.41, 5.74) is 2.02. The highest BCUT2D eigenvalue weighted by Crippen LogP contribution is 2.37. The lowest BCUT2D eigenvalue weighted by atomic mass is 9.78.